The monoisotopic (exact) mass is 393 g/mol. The van der Waals surface area contributed by atoms with Gasteiger partial charge in [0.05, 0.1) is 6.04 Å². The standard InChI is InChI=1S/C21H31N3O2.ClH/c1-14(2)19(21(26)23-17-10-4-3-5-11-17)24-20(25)18-12-15-8-6-7-9-16(15)13-22-18;/h6-9,14,17-19,22H,3-5,10-13H2,1-2H3,(H,23,26)(H,24,25);1H. The average Bonchev–Trinajstić information content (AvgIpc) is 2.66. The third-order valence-corrected chi connectivity index (χ3v) is 5.60. The first-order valence-corrected chi connectivity index (χ1v) is 9.95. The van der Waals surface area contributed by atoms with Crippen molar-refractivity contribution in [2.45, 2.75) is 77.0 Å². The quantitative estimate of drug-likeness (QED) is 0.720. The van der Waals surface area contributed by atoms with Crippen LogP contribution in [0.2, 0.25) is 0 Å². The van der Waals surface area contributed by atoms with Crippen LogP contribution in [0.3, 0.4) is 0 Å². The van der Waals surface area contributed by atoms with E-state index in [1.54, 1.807) is 0 Å². The predicted molar refractivity (Wildman–Crippen MR) is 110 cm³/mol. The number of rotatable bonds is 5. The lowest BCUT2D eigenvalue weighted by molar-refractivity contribution is -0.131. The highest BCUT2D eigenvalue weighted by atomic mass is 35.5. The molecule has 2 aliphatic rings. The van der Waals surface area contributed by atoms with Crippen LogP contribution in [-0.2, 0) is 22.6 Å². The molecule has 0 radical (unpaired) electrons. The largest absolute Gasteiger partial charge is 0.352 e. The fourth-order valence-electron chi connectivity index (χ4n) is 3.97. The zero-order chi connectivity index (χ0) is 18.5. The molecule has 1 fully saturated rings. The molecular formula is C21H32ClN3O2. The molecule has 2 atom stereocenters. The van der Waals surface area contributed by atoms with E-state index in [9.17, 15) is 9.59 Å². The van der Waals surface area contributed by atoms with E-state index in [0.717, 1.165) is 12.8 Å². The average molecular weight is 394 g/mol. The Kier molecular flexibility index (Phi) is 8.11. The molecule has 0 aromatic heterocycles. The Bertz CT molecular complexity index is 644. The zero-order valence-electron chi connectivity index (χ0n) is 16.3. The number of hydrogen-bond donors (Lipinski definition) is 3. The van der Waals surface area contributed by atoms with Crippen molar-refractivity contribution in [1.82, 2.24) is 16.0 Å². The van der Waals surface area contributed by atoms with Crippen molar-refractivity contribution in [3.63, 3.8) is 0 Å². The lowest BCUT2D eigenvalue weighted by Gasteiger charge is -2.30. The van der Waals surface area contributed by atoms with E-state index in [1.807, 2.05) is 26.0 Å². The summed E-state index contributed by atoms with van der Waals surface area (Å²) < 4.78 is 0. The van der Waals surface area contributed by atoms with Crippen LogP contribution in [0.1, 0.15) is 57.1 Å². The van der Waals surface area contributed by atoms with Gasteiger partial charge in [-0.2, -0.15) is 0 Å². The maximum Gasteiger partial charge on any atom is 0.243 e. The van der Waals surface area contributed by atoms with Crippen molar-refractivity contribution < 1.29 is 9.59 Å². The summed E-state index contributed by atoms with van der Waals surface area (Å²) in [5, 5.41) is 9.44. The van der Waals surface area contributed by atoms with Crippen LogP contribution >= 0.6 is 12.4 Å². The van der Waals surface area contributed by atoms with Gasteiger partial charge in [0.25, 0.3) is 0 Å². The fourth-order valence-corrected chi connectivity index (χ4v) is 3.97. The topological polar surface area (TPSA) is 70.2 Å². The molecule has 3 rings (SSSR count). The SMILES string of the molecule is CC(C)C(NC(=O)C1Cc2ccccc2CN1)C(=O)NC1CCCCC1.Cl. The molecule has 1 aliphatic carbocycles. The molecule has 1 heterocycles. The third kappa shape index (κ3) is 5.69. The number of fused-ring (bicyclic) bond motifs is 1. The van der Waals surface area contributed by atoms with Gasteiger partial charge in [-0.1, -0.05) is 57.4 Å². The molecule has 3 N–H and O–H groups in total. The van der Waals surface area contributed by atoms with Crippen LogP contribution in [0.5, 0.6) is 0 Å². The molecule has 0 bridgehead atoms. The molecule has 2 unspecified atom stereocenters. The van der Waals surface area contributed by atoms with Crippen LogP contribution in [0.25, 0.3) is 0 Å². The van der Waals surface area contributed by atoms with E-state index < -0.39 is 6.04 Å². The van der Waals surface area contributed by atoms with Gasteiger partial charge in [0.15, 0.2) is 0 Å². The van der Waals surface area contributed by atoms with Gasteiger partial charge < -0.3 is 16.0 Å². The van der Waals surface area contributed by atoms with Gasteiger partial charge in [-0.05, 0) is 36.3 Å². The van der Waals surface area contributed by atoms with Gasteiger partial charge in [0.1, 0.15) is 6.04 Å². The second-order valence-electron chi connectivity index (χ2n) is 7.98. The van der Waals surface area contributed by atoms with E-state index in [-0.39, 0.29) is 42.2 Å². The van der Waals surface area contributed by atoms with Crippen LogP contribution in [0.15, 0.2) is 24.3 Å². The molecule has 5 nitrogen and oxygen atoms in total. The Hall–Kier alpha value is -1.59. The van der Waals surface area contributed by atoms with Gasteiger partial charge in [0, 0.05) is 12.6 Å². The molecular weight excluding hydrogens is 362 g/mol. The Morgan fingerprint density at radius 3 is 2.41 bits per heavy atom. The first-order chi connectivity index (χ1) is 12.5. The van der Waals surface area contributed by atoms with Gasteiger partial charge >= 0.3 is 0 Å². The summed E-state index contributed by atoms with van der Waals surface area (Å²) in [5.74, 6) is -0.0770. The molecule has 27 heavy (non-hydrogen) atoms. The van der Waals surface area contributed by atoms with Crippen molar-refractivity contribution in [3.8, 4) is 0 Å². The Morgan fingerprint density at radius 1 is 1.07 bits per heavy atom. The number of amides is 2. The minimum Gasteiger partial charge on any atom is -0.352 e. The number of nitrogens with one attached hydrogen (secondary N) is 3. The molecule has 6 heteroatoms. The second kappa shape index (κ2) is 10.1. The van der Waals surface area contributed by atoms with Crippen LogP contribution in [0.4, 0.5) is 0 Å². The highest BCUT2D eigenvalue weighted by molar-refractivity contribution is 5.90. The minimum atomic E-state index is -0.483. The second-order valence-corrected chi connectivity index (χ2v) is 7.98. The normalized spacial score (nSPS) is 20.9. The van der Waals surface area contributed by atoms with Gasteiger partial charge in [-0.25, -0.2) is 0 Å². The highest BCUT2D eigenvalue weighted by Gasteiger charge is 2.30. The predicted octanol–water partition coefficient (Wildman–Crippen LogP) is 2.71. The van der Waals surface area contributed by atoms with E-state index >= 15 is 0 Å². The molecule has 1 saturated carbocycles. The Morgan fingerprint density at radius 2 is 1.74 bits per heavy atom. The van der Waals surface area contributed by atoms with Crippen LogP contribution < -0.4 is 16.0 Å². The number of carbonyl (C=O) groups excluding carboxylic acids is 2. The lowest BCUT2D eigenvalue weighted by atomic mass is 9.93. The Labute approximate surface area is 168 Å². The minimum absolute atomic E-state index is 0. The van der Waals surface area contributed by atoms with Crippen molar-refractivity contribution >= 4 is 24.2 Å². The maximum atomic E-state index is 12.8. The number of halogens is 1. The Balaban J connectivity index is 0.00000261. The van der Waals surface area contributed by atoms with Crippen molar-refractivity contribution in [1.29, 1.82) is 0 Å². The first-order valence-electron chi connectivity index (χ1n) is 9.95. The van der Waals surface area contributed by atoms with E-state index in [1.165, 1.54) is 30.4 Å². The van der Waals surface area contributed by atoms with Crippen molar-refractivity contribution in [3.05, 3.63) is 35.4 Å². The maximum absolute atomic E-state index is 12.8. The van der Waals surface area contributed by atoms with Gasteiger partial charge in [-0.15, -0.1) is 12.4 Å². The summed E-state index contributed by atoms with van der Waals surface area (Å²) in [6, 6.07) is 7.68. The third-order valence-electron chi connectivity index (χ3n) is 5.60. The zero-order valence-corrected chi connectivity index (χ0v) is 17.1. The summed E-state index contributed by atoms with van der Waals surface area (Å²) in [6.45, 7) is 4.65. The number of benzene rings is 1. The molecule has 1 aromatic rings. The van der Waals surface area contributed by atoms with E-state index in [0.29, 0.717) is 13.0 Å². The molecule has 150 valence electrons. The van der Waals surface area contributed by atoms with Crippen molar-refractivity contribution in [2.24, 2.45) is 5.92 Å². The first kappa shape index (κ1) is 21.7. The van der Waals surface area contributed by atoms with Gasteiger partial charge in [0.2, 0.25) is 11.8 Å². The number of carbonyl (C=O) groups is 2. The highest BCUT2D eigenvalue weighted by Crippen LogP contribution is 2.19. The summed E-state index contributed by atoms with van der Waals surface area (Å²) >= 11 is 0. The summed E-state index contributed by atoms with van der Waals surface area (Å²) in [6.07, 6.45) is 6.36. The smallest absolute Gasteiger partial charge is 0.243 e. The van der Waals surface area contributed by atoms with Crippen molar-refractivity contribution in [2.75, 3.05) is 0 Å². The van der Waals surface area contributed by atoms with Crippen LogP contribution in [0, 0.1) is 5.92 Å². The van der Waals surface area contributed by atoms with Gasteiger partial charge in [-0.3, -0.25) is 9.59 Å². The van der Waals surface area contributed by atoms with E-state index in [4.69, 9.17) is 0 Å². The number of hydrogen-bond acceptors (Lipinski definition) is 3. The molecule has 2 amide bonds. The summed E-state index contributed by atoms with van der Waals surface area (Å²) in [4.78, 5) is 25.5. The fraction of sp³-hybridized carbons (Fsp3) is 0.619. The molecule has 0 saturated heterocycles. The van der Waals surface area contributed by atoms with E-state index in [2.05, 4.69) is 28.1 Å². The molecule has 0 spiro atoms. The summed E-state index contributed by atoms with van der Waals surface area (Å²) in [7, 11) is 0. The summed E-state index contributed by atoms with van der Waals surface area (Å²) in [5.41, 5.74) is 2.45. The van der Waals surface area contributed by atoms with Crippen LogP contribution in [-0.4, -0.2) is 29.9 Å². The molecule has 1 aromatic carbocycles. The molecule has 1 aliphatic heterocycles. The lowest BCUT2D eigenvalue weighted by Crippen LogP contribution is -2.57.